The summed E-state index contributed by atoms with van der Waals surface area (Å²) in [6.07, 6.45) is 7.52. The van der Waals surface area contributed by atoms with E-state index in [1.54, 1.807) is 0 Å². The largest absolute Gasteiger partial charge is 0.763 e. The van der Waals surface area contributed by atoms with E-state index in [0.717, 1.165) is 22.3 Å². The molecule has 0 spiro atoms. The van der Waals surface area contributed by atoms with Crippen molar-refractivity contribution in [3.8, 4) is 22.3 Å². The number of aliphatic imine (C=N–C) groups is 1. The highest BCUT2D eigenvalue weighted by molar-refractivity contribution is 6.23. The molecule has 0 saturated heterocycles. The van der Waals surface area contributed by atoms with Crippen LogP contribution in [0.5, 0.6) is 0 Å². The van der Waals surface area contributed by atoms with E-state index >= 15 is 0 Å². The molecule has 2 heterocycles. The van der Waals surface area contributed by atoms with Crippen molar-refractivity contribution in [2.75, 3.05) is 6.54 Å². The number of dihydropyridines is 1. The minimum absolute atomic E-state index is 0.429. The van der Waals surface area contributed by atoms with Crippen LogP contribution in [0.4, 0.5) is 0 Å². The normalized spacial score (nSPS) is 13.2. The Hall–Kier alpha value is -5.11. The van der Waals surface area contributed by atoms with Gasteiger partial charge in [0.2, 0.25) is 0 Å². The molecule has 1 aromatic heterocycles. The van der Waals surface area contributed by atoms with Crippen LogP contribution in [0, 0.1) is 0 Å². The number of allylic oxidation sites excluding steroid dienone is 1. The Balaban J connectivity index is 1.55. The highest BCUT2D eigenvalue weighted by Gasteiger charge is 2.18. The lowest BCUT2D eigenvalue weighted by molar-refractivity contribution is 1.20. The third kappa shape index (κ3) is 3.57. The number of fused-ring (bicyclic) bond motifs is 3. The van der Waals surface area contributed by atoms with Gasteiger partial charge >= 0.3 is 0 Å². The third-order valence-electron chi connectivity index (χ3n) is 7.32. The molecule has 3 nitrogen and oxygen atoms in total. The zero-order valence-corrected chi connectivity index (χ0v) is 20.6. The Morgan fingerprint density at radius 1 is 0.632 bits per heavy atom. The molecule has 1 aliphatic rings. The van der Waals surface area contributed by atoms with Crippen LogP contribution >= 0.6 is 0 Å². The second-order valence-corrected chi connectivity index (χ2v) is 9.54. The summed E-state index contributed by atoms with van der Waals surface area (Å²) < 4.78 is 0. The smallest absolute Gasteiger partial charge is 0.0694 e. The number of nitrogens with zero attached hydrogens (tertiary/aromatic N) is 3. The lowest BCUT2D eigenvalue weighted by Crippen LogP contribution is -1.99. The molecular formula is C35H22N3-. The average Bonchev–Trinajstić information content (AvgIpc) is 2.99. The van der Waals surface area contributed by atoms with Crippen molar-refractivity contribution >= 4 is 50.0 Å². The van der Waals surface area contributed by atoms with E-state index in [0.29, 0.717) is 12.1 Å². The van der Waals surface area contributed by atoms with Gasteiger partial charge in [0.1, 0.15) is 0 Å². The van der Waals surface area contributed by atoms with E-state index in [9.17, 15) is 5.41 Å². The molecule has 0 unspecified atom stereocenters. The van der Waals surface area contributed by atoms with Crippen molar-refractivity contribution < 1.29 is 0 Å². The predicted octanol–water partition coefficient (Wildman–Crippen LogP) is 8.51. The molecular weight excluding hydrogens is 462 g/mol. The Bertz CT molecular complexity index is 1940. The van der Waals surface area contributed by atoms with Gasteiger partial charge in [0, 0.05) is 35.3 Å². The van der Waals surface area contributed by atoms with E-state index in [2.05, 4.69) is 113 Å². The van der Waals surface area contributed by atoms with Crippen LogP contribution in [-0.4, -0.2) is 23.6 Å². The number of hydrogen-bond donors (Lipinski definition) is 0. The molecule has 0 fully saturated rings. The van der Waals surface area contributed by atoms with Crippen molar-refractivity contribution in [3.63, 3.8) is 0 Å². The van der Waals surface area contributed by atoms with Crippen molar-refractivity contribution in [1.29, 1.82) is 0 Å². The standard InChI is InChI=1S/C35H22N3/c36-18-23-16-25(20-37-19-23)26-17-27(22-38-21-26)34-30-11-3-5-13-32(30)35(33-14-6-4-12-31(33)34)29-15-7-9-24-8-1-2-10-28(24)29/h1-17,20-22H,19H2/q-1. The number of benzene rings is 5. The van der Waals surface area contributed by atoms with E-state index in [-0.39, 0.29) is 0 Å². The molecule has 0 saturated carbocycles. The summed E-state index contributed by atoms with van der Waals surface area (Å²) >= 11 is 0. The fourth-order valence-electron chi connectivity index (χ4n) is 5.65. The van der Waals surface area contributed by atoms with E-state index in [1.165, 1.54) is 43.4 Å². The Morgan fingerprint density at radius 2 is 1.24 bits per heavy atom. The Labute approximate surface area is 220 Å². The second kappa shape index (κ2) is 9.08. The first-order valence-corrected chi connectivity index (χ1v) is 12.7. The summed E-state index contributed by atoms with van der Waals surface area (Å²) in [6.45, 7) is 0.429. The highest BCUT2D eigenvalue weighted by Crippen LogP contribution is 2.45. The highest BCUT2D eigenvalue weighted by atomic mass is 14.7. The molecule has 7 rings (SSSR count). The fourth-order valence-corrected chi connectivity index (χ4v) is 5.65. The molecule has 178 valence electrons. The van der Waals surface area contributed by atoms with Crippen molar-refractivity contribution in [1.82, 2.24) is 4.98 Å². The van der Waals surface area contributed by atoms with Gasteiger partial charge in [0.15, 0.2) is 0 Å². The maximum Gasteiger partial charge on any atom is 0.0694 e. The topological polar surface area (TPSA) is 47.5 Å². The van der Waals surface area contributed by atoms with Gasteiger partial charge in [-0.1, -0.05) is 91.0 Å². The first kappa shape index (κ1) is 22.1. The van der Waals surface area contributed by atoms with Gasteiger partial charge < -0.3 is 5.41 Å². The van der Waals surface area contributed by atoms with E-state index in [4.69, 9.17) is 0 Å². The molecule has 0 atom stereocenters. The molecule has 6 aromatic rings. The van der Waals surface area contributed by atoms with Gasteiger partial charge in [0.05, 0.1) is 6.54 Å². The minimum atomic E-state index is 0.429. The summed E-state index contributed by atoms with van der Waals surface area (Å²) in [6, 6.07) is 34.6. The first-order chi connectivity index (χ1) is 18.8. The van der Waals surface area contributed by atoms with Crippen LogP contribution in [-0.2, 0) is 0 Å². The monoisotopic (exact) mass is 484 g/mol. The lowest BCUT2D eigenvalue weighted by Gasteiger charge is -2.19. The number of aromatic nitrogens is 1. The summed E-state index contributed by atoms with van der Waals surface area (Å²) in [5.74, 6) is 2.24. The number of hydrogen-bond acceptors (Lipinski definition) is 2. The maximum absolute atomic E-state index is 9.39. The Morgan fingerprint density at radius 3 is 1.95 bits per heavy atom. The second-order valence-electron chi connectivity index (χ2n) is 9.54. The van der Waals surface area contributed by atoms with Crippen LogP contribution in [0.1, 0.15) is 5.56 Å². The quantitative estimate of drug-likeness (QED) is 0.183. The van der Waals surface area contributed by atoms with Crippen LogP contribution in [0.2, 0.25) is 0 Å². The maximum atomic E-state index is 9.39. The molecule has 0 radical (unpaired) electrons. The van der Waals surface area contributed by atoms with E-state index < -0.39 is 0 Å². The molecule has 5 aromatic carbocycles. The molecule has 0 aliphatic carbocycles. The SMILES string of the molecule is [N-]=C=C1C=C(c2cncc(-c3c4ccccc4c(-c4cccc5ccccc45)c4ccccc34)c2)C=NC1. The average molecular weight is 485 g/mol. The molecule has 0 bridgehead atoms. The molecule has 1 aliphatic heterocycles. The lowest BCUT2D eigenvalue weighted by atomic mass is 9.84. The van der Waals surface area contributed by atoms with Gasteiger partial charge in [-0.3, -0.25) is 15.8 Å². The van der Waals surface area contributed by atoms with Gasteiger partial charge in [0.25, 0.3) is 0 Å². The van der Waals surface area contributed by atoms with Gasteiger partial charge in [-0.15, -0.1) is 0 Å². The molecule has 38 heavy (non-hydrogen) atoms. The zero-order chi connectivity index (χ0) is 25.5. The number of pyridine rings is 1. The van der Waals surface area contributed by atoms with Gasteiger partial charge in [-0.2, -0.15) is 0 Å². The first-order valence-electron chi connectivity index (χ1n) is 12.7. The van der Waals surface area contributed by atoms with Crippen molar-refractivity contribution in [3.05, 3.63) is 132 Å². The number of rotatable bonds is 3. The summed E-state index contributed by atoms with van der Waals surface area (Å²) in [4.78, 5) is 9.01. The van der Waals surface area contributed by atoms with Crippen LogP contribution in [0.15, 0.2) is 126 Å². The fraction of sp³-hybridized carbons (Fsp3) is 0.0286. The van der Waals surface area contributed by atoms with Crippen LogP contribution in [0.25, 0.3) is 65.6 Å². The van der Waals surface area contributed by atoms with Crippen molar-refractivity contribution in [2.24, 2.45) is 4.99 Å². The molecule has 0 amide bonds. The summed E-state index contributed by atoms with van der Waals surface area (Å²) in [5, 5.41) is 16.7. The summed E-state index contributed by atoms with van der Waals surface area (Å²) in [7, 11) is 0. The Kier molecular flexibility index (Phi) is 5.28. The summed E-state index contributed by atoms with van der Waals surface area (Å²) in [5.41, 5.74) is 7.19. The van der Waals surface area contributed by atoms with Crippen molar-refractivity contribution in [2.45, 2.75) is 0 Å². The van der Waals surface area contributed by atoms with Crippen LogP contribution in [0.3, 0.4) is 0 Å². The van der Waals surface area contributed by atoms with Crippen LogP contribution < -0.4 is 0 Å². The van der Waals surface area contributed by atoms with Gasteiger partial charge in [-0.25, -0.2) is 0 Å². The van der Waals surface area contributed by atoms with E-state index in [1.807, 2.05) is 24.7 Å². The third-order valence-corrected chi connectivity index (χ3v) is 7.32. The minimum Gasteiger partial charge on any atom is -0.763 e. The molecule has 3 heteroatoms. The predicted molar refractivity (Wildman–Crippen MR) is 161 cm³/mol. The van der Waals surface area contributed by atoms with Gasteiger partial charge in [-0.05, 0) is 66.7 Å². The molecule has 0 N–H and O–H groups in total. The zero-order valence-electron chi connectivity index (χ0n) is 20.6.